The Morgan fingerprint density at radius 1 is 0.909 bits per heavy atom. The molecular weight excluding hydrogens is 289 g/mol. The molecule has 2 rings (SSSR count). The van der Waals surface area contributed by atoms with Crippen LogP contribution in [-0.2, 0) is 17.5 Å². The summed E-state index contributed by atoms with van der Waals surface area (Å²) >= 11 is 0. The van der Waals surface area contributed by atoms with Gasteiger partial charge in [-0.15, -0.1) is 0 Å². The molecule has 116 valence electrons. The summed E-state index contributed by atoms with van der Waals surface area (Å²) in [6.07, 6.45) is 0.126. The summed E-state index contributed by atoms with van der Waals surface area (Å²) in [6.45, 7) is 1.14. The summed E-state index contributed by atoms with van der Waals surface area (Å²) < 4.78 is 42.8. The molecule has 0 aliphatic carbocycles. The third-order valence-electron chi connectivity index (χ3n) is 3.09. The van der Waals surface area contributed by atoms with Gasteiger partial charge in [0.15, 0.2) is 0 Å². The third kappa shape index (κ3) is 5.37. The number of alkyl halides is 3. The lowest BCUT2D eigenvalue weighted by Crippen LogP contribution is -2.03. The minimum atomic E-state index is -4.28. The van der Waals surface area contributed by atoms with Gasteiger partial charge in [0.05, 0.1) is 18.8 Å². The molecule has 0 amide bonds. The van der Waals surface area contributed by atoms with Crippen molar-refractivity contribution in [3.05, 3.63) is 77.4 Å². The highest BCUT2D eigenvalue weighted by atomic mass is 19.4. The van der Waals surface area contributed by atoms with E-state index in [-0.39, 0.29) is 0 Å². The van der Waals surface area contributed by atoms with Crippen LogP contribution in [0.4, 0.5) is 13.2 Å². The van der Waals surface area contributed by atoms with Crippen LogP contribution in [0.5, 0.6) is 0 Å². The van der Waals surface area contributed by atoms with Gasteiger partial charge in [-0.1, -0.05) is 54.6 Å². The van der Waals surface area contributed by atoms with E-state index in [4.69, 9.17) is 4.74 Å². The number of benzene rings is 2. The van der Waals surface area contributed by atoms with Crippen molar-refractivity contribution in [1.82, 2.24) is 0 Å². The zero-order valence-electron chi connectivity index (χ0n) is 12.0. The topological polar surface area (TPSA) is 9.23 Å². The summed E-state index contributed by atoms with van der Waals surface area (Å²) in [5.74, 6) is 0. The van der Waals surface area contributed by atoms with Gasteiger partial charge in [0, 0.05) is 0 Å². The molecule has 0 radical (unpaired) electrons. The highest BCUT2D eigenvalue weighted by Crippen LogP contribution is 2.29. The van der Waals surface area contributed by atoms with Crippen molar-refractivity contribution in [2.75, 3.05) is 6.61 Å². The van der Waals surface area contributed by atoms with Crippen molar-refractivity contribution in [2.45, 2.75) is 19.2 Å². The van der Waals surface area contributed by atoms with E-state index < -0.39 is 11.7 Å². The first-order chi connectivity index (χ1) is 10.6. The molecular formula is C18H17F3O. The van der Waals surface area contributed by atoms with Crippen LogP contribution >= 0.6 is 0 Å². The second-order valence-corrected chi connectivity index (χ2v) is 4.85. The maximum atomic E-state index is 12.4. The predicted molar refractivity (Wildman–Crippen MR) is 81.2 cm³/mol. The van der Waals surface area contributed by atoms with E-state index in [0.717, 1.165) is 23.3 Å². The molecule has 0 atom stereocenters. The lowest BCUT2D eigenvalue weighted by atomic mass is 10.1. The average molecular weight is 306 g/mol. The van der Waals surface area contributed by atoms with Crippen molar-refractivity contribution in [3.8, 4) is 0 Å². The van der Waals surface area contributed by atoms with Crippen molar-refractivity contribution >= 4 is 6.08 Å². The Hall–Kier alpha value is -2.07. The minimum absolute atomic E-state index is 0.564. The Kier molecular flexibility index (Phi) is 5.78. The van der Waals surface area contributed by atoms with E-state index in [2.05, 4.69) is 0 Å². The van der Waals surface area contributed by atoms with Crippen LogP contribution in [0, 0.1) is 0 Å². The Labute approximate surface area is 128 Å². The molecule has 0 spiro atoms. The predicted octanol–water partition coefficient (Wildman–Crippen LogP) is 5.33. The smallest absolute Gasteiger partial charge is 0.376 e. The van der Waals surface area contributed by atoms with Crippen LogP contribution in [0.15, 0.2) is 60.7 Å². The van der Waals surface area contributed by atoms with E-state index >= 15 is 0 Å². The van der Waals surface area contributed by atoms with Crippen LogP contribution in [0.1, 0.15) is 23.1 Å². The Morgan fingerprint density at radius 3 is 2.23 bits per heavy atom. The van der Waals surface area contributed by atoms with Gasteiger partial charge in [0.25, 0.3) is 0 Å². The fourth-order valence-electron chi connectivity index (χ4n) is 1.92. The number of hydrogen-bond donors (Lipinski definition) is 0. The molecule has 0 aliphatic heterocycles. The Bertz CT molecular complexity index is 586. The van der Waals surface area contributed by atoms with Gasteiger partial charge in [-0.05, 0) is 29.7 Å². The number of hydrogen-bond acceptors (Lipinski definition) is 1. The molecule has 1 nitrogen and oxygen atoms in total. The molecule has 0 fully saturated rings. The Balaban J connectivity index is 1.71. The first-order valence-corrected chi connectivity index (χ1v) is 7.01. The molecule has 0 aromatic heterocycles. The van der Waals surface area contributed by atoms with Crippen LogP contribution in [-0.4, -0.2) is 6.61 Å². The van der Waals surface area contributed by atoms with Gasteiger partial charge in [0.1, 0.15) is 0 Å². The summed E-state index contributed by atoms with van der Waals surface area (Å²) in [6, 6.07) is 15.0. The molecule has 0 unspecified atom stereocenters. The lowest BCUT2D eigenvalue weighted by molar-refractivity contribution is -0.137. The second-order valence-electron chi connectivity index (χ2n) is 4.85. The van der Waals surface area contributed by atoms with Crippen LogP contribution in [0.3, 0.4) is 0 Å². The molecule has 22 heavy (non-hydrogen) atoms. The highest BCUT2D eigenvalue weighted by Gasteiger charge is 2.29. The molecule has 0 saturated carbocycles. The minimum Gasteiger partial charge on any atom is -0.376 e. The van der Waals surface area contributed by atoms with Crippen molar-refractivity contribution < 1.29 is 17.9 Å². The number of halogens is 3. The van der Waals surface area contributed by atoms with Crippen LogP contribution < -0.4 is 0 Å². The molecule has 0 N–H and O–H groups in total. The normalized spacial score (nSPS) is 12.0. The third-order valence-corrected chi connectivity index (χ3v) is 3.09. The van der Waals surface area contributed by atoms with E-state index in [1.165, 1.54) is 12.1 Å². The number of rotatable bonds is 6. The molecule has 0 heterocycles. The molecule has 4 heteroatoms. The van der Waals surface area contributed by atoms with Gasteiger partial charge in [-0.3, -0.25) is 0 Å². The first kappa shape index (κ1) is 16.3. The first-order valence-electron chi connectivity index (χ1n) is 7.01. The van der Waals surface area contributed by atoms with Gasteiger partial charge in [-0.2, -0.15) is 13.2 Å². The van der Waals surface area contributed by atoms with E-state index in [1.807, 2.05) is 36.4 Å². The SMILES string of the molecule is FC(F)(F)c1ccc(/C=C/CCOCc2ccccc2)cc1. The van der Waals surface area contributed by atoms with Crippen molar-refractivity contribution in [1.29, 1.82) is 0 Å². The summed E-state index contributed by atoms with van der Waals surface area (Å²) in [4.78, 5) is 0. The monoisotopic (exact) mass is 306 g/mol. The average Bonchev–Trinajstić information content (AvgIpc) is 2.51. The molecule has 2 aromatic rings. The van der Waals surface area contributed by atoms with Crippen LogP contribution in [0.25, 0.3) is 6.08 Å². The second kappa shape index (κ2) is 7.80. The maximum absolute atomic E-state index is 12.4. The van der Waals surface area contributed by atoms with E-state index in [9.17, 15) is 13.2 Å². The summed E-state index contributed by atoms with van der Waals surface area (Å²) in [5, 5.41) is 0. The van der Waals surface area contributed by atoms with Gasteiger partial charge < -0.3 is 4.74 Å². The molecule has 0 bridgehead atoms. The molecule has 0 aliphatic rings. The largest absolute Gasteiger partial charge is 0.416 e. The Morgan fingerprint density at radius 2 is 1.59 bits per heavy atom. The van der Waals surface area contributed by atoms with Gasteiger partial charge >= 0.3 is 6.18 Å². The van der Waals surface area contributed by atoms with Gasteiger partial charge in [0.2, 0.25) is 0 Å². The standard InChI is InChI=1S/C18H17F3O/c19-18(20,21)17-11-9-15(10-12-17)6-4-5-13-22-14-16-7-2-1-3-8-16/h1-4,6-12H,5,13-14H2/b6-4+. The zero-order valence-corrected chi connectivity index (χ0v) is 12.0. The fourth-order valence-corrected chi connectivity index (χ4v) is 1.92. The fraction of sp³-hybridized carbons (Fsp3) is 0.222. The quantitative estimate of drug-likeness (QED) is 0.656. The van der Waals surface area contributed by atoms with Crippen molar-refractivity contribution in [3.63, 3.8) is 0 Å². The zero-order chi connectivity index (χ0) is 15.8. The van der Waals surface area contributed by atoms with Crippen molar-refractivity contribution in [2.24, 2.45) is 0 Å². The summed E-state index contributed by atoms with van der Waals surface area (Å²) in [7, 11) is 0. The summed E-state index contributed by atoms with van der Waals surface area (Å²) in [5.41, 5.74) is 1.24. The number of ether oxygens (including phenoxy) is 1. The highest BCUT2D eigenvalue weighted by molar-refractivity contribution is 5.49. The maximum Gasteiger partial charge on any atom is 0.416 e. The molecule has 0 saturated heterocycles. The van der Waals surface area contributed by atoms with E-state index in [0.29, 0.717) is 19.6 Å². The lowest BCUT2D eigenvalue weighted by Gasteiger charge is -2.06. The van der Waals surface area contributed by atoms with Crippen LogP contribution in [0.2, 0.25) is 0 Å². The molecule has 2 aromatic carbocycles. The van der Waals surface area contributed by atoms with Gasteiger partial charge in [-0.25, -0.2) is 0 Å². The van der Waals surface area contributed by atoms with E-state index in [1.54, 1.807) is 6.08 Å².